The second kappa shape index (κ2) is 5.89. The second-order valence-electron chi connectivity index (χ2n) is 3.63. The Hall–Kier alpha value is -1.80. The first-order valence-corrected chi connectivity index (χ1v) is 7.03. The fourth-order valence-electron chi connectivity index (χ4n) is 1.34. The van der Waals surface area contributed by atoms with E-state index < -0.39 is 4.92 Å². The van der Waals surface area contributed by atoms with Crippen LogP contribution in [0, 0.1) is 17.0 Å². The van der Waals surface area contributed by atoms with Gasteiger partial charge in [-0.25, -0.2) is 4.98 Å². The van der Waals surface area contributed by atoms with Gasteiger partial charge in [-0.1, -0.05) is 23.9 Å². The largest absolute Gasteiger partial charge is 0.293 e. The summed E-state index contributed by atoms with van der Waals surface area (Å²) in [5.74, 6) is 0.701. The Morgan fingerprint density at radius 3 is 2.95 bits per heavy atom. The van der Waals surface area contributed by atoms with Crippen molar-refractivity contribution in [3.05, 3.63) is 45.8 Å². The zero-order chi connectivity index (χ0) is 13.8. The standard InChI is InChI=1S/C11H9N3O3S2/c1-7-12-11(19-13-7)18-6-10(15)8-3-2-4-9(5-8)14(16)17/h2-5H,6H2,1H3. The lowest BCUT2D eigenvalue weighted by Crippen LogP contribution is -2.03. The maximum absolute atomic E-state index is 11.9. The van der Waals surface area contributed by atoms with Crippen molar-refractivity contribution in [3.63, 3.8) is 0 Å². The molecule has 0 saturated heterocycles. The van der Waals surface area contributed by atoms with Crippen LogP contribution in [0.5, 0.6) is 0 Å². The van der Waals surface area contributed by atoms with E-state index in [1.54, 1.807) is 13.0 Å². The fourth-order valence-corrected chi connectivity index (χ4v) is 2.88. The quantitative estimate of drug-likeness (QED) is 0.365. The molecule has 98 valence electrons. The van der Waals surface area contributed by atoms with Crippen LogP contribution >= 0.6 is 23.3 Å². The van der Waals surface area contributed by atoms with Crippen molar-refractivity contribution in [2.45, 2.75) is 11.3 Å². The number of hydrogen-bond donors (Lipinski definition) is 0. The molecule has 0 unspecified atom stereocenters. The highest BCUT2D eigenvalue weighted by Gasteiger charge is 2.12. The lowest BCUT2D eigenvalue weighted by Gasteiger charge is -1.99. The van der Waals surface area contributed by atoms with Crippen molar-refractivity contribution in [1.82, 2.24) is 9.36 Å². The van der Waals surface area contributed by atoms with Gasteiger partial charge >= 0.3 is 0 Å². The Morgan fingerprint density at radius 2 is 2.32 bits per heavy atom. The molecule has 0 saturated carbocycles. The zero-order valence-corrected chi connectivity index (χ0v) is 11.5. The minimum atomic E-state index is -0.516. The molecule has 0 fully saturated rings. The molecule has 1 aromatic heterocycles. The molecule has 0 aliphatic heterocycles. The van der Waals surface area contributed by atoms with Gasteiger partial charge in [-0.3, -0.25) is 14.9 Å². The number of nitrogens with zero attached hydrogens (tertiary/aromatic N) is 3. The van der Waals surface area contributed by atoms with Crippen molar-refractivity contribution in [1.29, 1.82) is 0 Å². The number of nitro benzene ring substituents is 1. The Balaban J connectivity index is 2.03. The molecule has 0 N–H and O–H groups in total. The number of non-ortho nitro benzene ring substituents is 1. The molecule has 0 amide bonds. The van der Waals surface area contributed by atoms with Crippen molar-refractivity contribution in [2.75, 3.05) is 5.75 Å². The molecule has 6 nitrogen and oxygen atoms in total. The van der Waals surface area contributed by atoms with E-state index in [1.165, 1.54) is 41.5 Å². The third kappa shape index (κ3) is 3.58. The topological polar surface area (TPSA) is 86.0 Å². The molecule has 0 radical (unpaired) electrons. The van der Waals surface area contributed by atoms with Gasteiger partial charge in [-0.15, -0.1) is 0 Å². The lowest BCUT2D eigenvalue weighted by molar-refractivity contribution is -0.384. The maximum atomic E-state index is 11.9. The average Bonchev–Trinajstić information content (AvgIpc) is 2.82. The van der Waals surface area contributed by atoms with Crippen molar-refractivity contribution >= 4 is 34.8 Å². The van der Waals surface area contributed by atoms with E-state index in [-0.39, 0.29) is 17.2 Å². The van der Waals surface area contributed by atoms with E-state index in [9.17, 15) is 14.9 Å². The van der Waals surface area contributed by atoms with Gasteiger partial charge in [0.1, 0.15) is 5.82 Å². The monoisotopic (exact) mass is 295 g/mol. The summed E-state index contributed by atoms with van der Waals surface area (Å²) >= 11 is 2.52. The van der Waals surface area contributed by atoms with Crippen molar-refractivity contribution < 1.29 is 9.72 Å². The summed E-state index contributed by atoms with van der Waals surface area (Å²) in [6.07, 6.45) is 0. The number of thioether (sulfide) groups is 1. The van der Waals surface area contributed by atoms with Crippen LogP contribution in [0.1, 0.15) is 16.2 Å². The second-order valence-corrected chi connectivity index (χ2v) is 5.60. The minimum Gasteiger partial charge on any atom is -0.293 e. The molecule has 0 aliphatic rings. The van der Waals surface area contributed by atoms with Gasteiger partial charge in [-0.05, 0) is 18.5 Å². The summed E-state index contributed by atoms with van der Waals surface area (Å²) < 4.78 is 4.73. The molecule has 2 aromatic rings. The van der Waals surface area contributed by atoms with E-state index in [4.69, 9.17) is 0 Å². The molecule has 0 aliphatic carbocycles. The van der Waals surface area contributed by atoms with Crippen LogP contribution in [0.4, 0.5) is 5.69 Å². The smallest absolute Gasteiger partial charge is 0.270 e. The van der Waals surface area contributed by atoms with E-state index >= 15 is 0 Å². The highest BCUT2D eigenvalue weighted by molar-refractivity contribution is 8.01. The zero-order valence-electron chi connectivity index (χ0n) is 9.90. The number of aryl methyl sites for hydroxylation is 1. The first-order chi connectivity index (χ1) is 9.06. The average molecular weight is 295 g/mol. The van der Waals surface area contributed by atoms with Gasteiger partial charge < -0.3 is 0 Å². The maximum Gasteiger partial charge on any atom is 0.270 e. The molecule has 8 heteroatoms. The normalized spacial score (nSPS) is 10.4. The molecule has 2 rings (SSSR count). The minimum absolute atomic E-state index is 0.0809. The fraction of sp³-hybridized carbons (Fsp3) is 0.182. The SMILES string of the molecule is Cc1nsc(SCC(=O)c2cccc([N+](=O)[O-])c2)n1. The van der Waals surface area contributed by atoms with E-state index in [2.05, 4.69) is 9.36 Å². The molecule has 1 heterocycles. The first-order valence-electron chi connectivity index (χ1n) is 5.27. The van der Waals surface area contributed by atoms with Crippen LogP contribution in [0.15, 0.2) is 28.6 Å². The number of benzene rings is 1. The van der Waals surface area contributed by atoms with E-state index in [0.717, 1.165) is 4.34 Å². The number of Topliss-reactive ketones (excluding diaryl/α,β-unsaturated/α-hetero) is 1. The number of nitro groups is 1. The molecule has 19 heavy (non-hydrogen) atoms. The van der Waals surface area contributed by atoms with Crippen LogP contribution in [0.25, 0.3) is 0 Å². The van der Waals surface area contributed by atoms with Crippen LogP contribution in [0.2, 0.25) is 0 Å². The Bertz CT molecular complexity index is 627. The number of carbonyl (C=O) groups excluding carboxylic acids is 1. The summed E-state index contributed by atoms with van der Waals surface area (Å²) in [6.45, 7) is 1.78. The summed E-state index contributed by atoms with van der Waals surface area (Å²) in [5.41, 5.74) is 0.255. The summed E-state index contributed by atoms with van der Waals surface area (Å²) in [7, 11) is 0. The van der Waals surface area contributed by atoms with Gasteiger partial charge in [-0.2, -0.15) is 4.37 Å². The number of rotatable bonds is 5. The third-order valence-corrected chi connectivity index (χ3v) is 4.14. The Labute approximate surface area is 117 Å². The number of carbonyl (C=O) groups is 1. The Morgan fingerprint density at radius 1 is 1.53 bits per heavy atom. The number of aromatic nitrogens is 2. The van der Waals surface area contributed by atoms with E-state index in [0.29, 0.717) is 11.4 Å². The summed E-state index contributed by atoms with van der Waals surface area (Å²) in [5, 5.41) is 10.6. The molecular formula is C11H9N3O3S2. The predicted molar refractivity (Wildman–Crippen MR) is 72.8 cm³/mol. The molecular weight excluding hydrogens is 286 g/mol. The third-order valence-electron chi connectivity index (χ3n) is 2.21. The molecule has 0 atom stereocenters. The Kier molecular flexibility index (Phi) is 4.23. The first kappa shape index (κ1) is 13.6. The highest BCUT2D eigenvalue weighted by Crippen LogP contribution is 2.22. The van der Waals surface area contributed by atoms with Crippen LogP contribution < -0.4 is 0 Å². The van der Waals surface area contributed by atoms with Crippen molar-refractivity contribution in [2.24, 2.45) is 0 Å². The van der Waals surface area contributed by atoms with Gasteiger partial charge in [0.15, 0.2) is 10.1 Å². The predicted octanol–water partition coefficient (Wildman–Crippen LogP) is 2.73. The molecule has 0 spiro atoms. The van der Waals surface area contributed by atoms with Gasteiger partial charge in [0.25, 0.3) is 5.69 Å². The molecule has 0 bridgehead atoms. The summed E-state index contributed by atoms with van der Waals surface area (Å²) in [6, 6.07) is 5.72. The molecule has 1 aromatic carbocycles. The lowest BCUT2D eigenvalue weighted by atomic mass is 10.1. The highest BCUT2D eigenvalue weighted by atomic mass is 32.2. The van der Waals surface area contributed by atoms with Crippen LogP contribution in [0.3, 0.4) is 0 Å². The van der Waals surface area contributed by atoms with Gasteiger partial charge in [0.2, 0.25) is 0 Å². The van der Waals surface area contributed by atoms with Crippen LogP contribution in [-0.4, -0.2) is 25.8 Å². The van der Waals surface area contributed by atoms with Gasteiger partial charge in [0.05, 0.1) is 10.7 Å². The van der Waals surface area contributed by atoms with Gasteiger partial charge in [0, 0.05) is 17.7 Å². The van der Waals surface area contributed by atoms with Crippen molar-refractivity contribution in [3.8, 4) is 0 Å². The summed E-state index contributed by atoms with van der Waals surface area (Å²) in [4.78, 5) is 26.2. The number of hydrogen-bond acceptors (Lipinski definition) is 7. The van der Waals surface area contributed by atoms with Crippen LogP contribution in [-0.2, 0) is 0 Å². The van der Waals surface area contributed by atoms with E-state index in [1.807, 2.05) is 0 Å². The number of ketones is 1.